The molecule has 5 atom stereocenters. The van der Waals surface area contributed by atoms with E-state index in [0.717, 1.165) is 11.3 Å². The second-order valence-electron chi connectivity index (χ2n) is 12.5. The van der Waals surface area contributed by atoms with E-state index in [4.69, 9.17) is 4.74 Å². The summed E-state index contributed by atoms with van der Waals surface area (Å²) in [5.74, 6) is -0.452. The van der Waals surface area contributed by atoms with Crippen molar-refractivity contribution in [2.24, 2.45) is 11.3 Å². The fourth-order valence-electron chi connectivity index (χ4n) is 7.02. The van der Waals surface area contributed by atoms with Gasteiger partial charge in [0.2, 0.25) is 0 Å². The van der Waals surface area contributed by atoms with Gasteiger partial charge in [-0.3, -0.25) is 9.69 Å². The molecule has 0 spiro atoms. The van der Waals surface area contributed by atoms with Crippen LogP contribution in [0.5, 0.6) is 0 Å². The zero-order chi connectivity index (χ0) is 33.1. The van der Waals surface area contributed by atoms with Crippen LogP contribution in [0.15, 0.2) is 36.4 Å². The molecule has 2 saturated heterocycles. The van der Waals surface area contributed by atoms with Crippen molar-refractivity contribution in [1.82, 2.24) is 14.7 Å². The van der Waals surface area contributed by atoms with Gasteiger partial charge in [-0.2, -0.15) is 26.3 Å². The number of alkyl halides is 6. The summed E-state index contributed by atoms with van der Waals surface area (Å²) in [7, 11) is 1.35. The van der Waals surface area contributed by atoms with Gasteiger partial charge in [0.1, 0.15) is 5.82 Å². The minimum atomic E-state index is -5.02. The highest BCUT2D eigenvalue weighted by Crippen LogP contribution is 2.59. The van der Waals surface area contributed by atoms with E-state index < -0.39 is 52.8 Å². The lowest BCUT2D eigenvalue weighted by atomic mass is 9.88. The van der Waals surface area contributed by atoms with Crippen LogP contribution in [0.1, 0.15) is 73.0 Å². The number of halogens is 7. The average Bonchev–Trinajstić information content (AvgIpc) is 3.55. The van der Waals surface area contributed by atoms with Crippen molar-refractivity contribution in [3.63, 3.8) is 0 Å². The van der Waals surface area contributed by atoms with Gasteiger partial charge < -0.3 is 14.5 Å². The van der Waals surface area contributed by atoms with E-state index in [2.05, 4.69) is 4.90 Å². The van der Waals surface area contributed by atoms with Crippen molar-refractivity contribution in [3.8, 4) is 0 Å². The molecule has 1 saturated carbocycles. The Hall–Kier alpha value is -3.35. The van der Waals surface area contributed by atoms with Crippen molar-refractivity contribution in [2.45, 2.75) is 70.5 Å². The number of amides is 2. The number of fused-ring (bicyclic) bond motifs is 1. The van der Waals surface area contributed by atoms with Crippen LogP contribution in [-0.2, 0) is 21.9 Å². The number of carbonyl (C=O) groups excluding carboxylic acids is 2. The Balaban J connectivity index is 1.41. The topological polar surface area (TPSA) is 53.1 Å². The molecule has 2 aromatic rings. The third-order valence-corrected chi connectivity index (χ3v) is 9.76. The normalized spacial score (nSPS) is 25.9. The number of aryl methyl sites for hydroxylation is 1. The Morgan fingerprint density at radius 2 is 1.71 bits per heavy atom. The fraction of sp³-hybridized carbons (Fsp3) is 0.562. The Morgan fingerprint density at radius 3 is 2.29 bits per heavy atom. The number of ether oxygens (including phenoxy) is 1. The SMILES string of the molecule is CCOC(=O)[C@]12C[C@H]1CN([C@H]1CCN(C(=O)N(C)[C@@H](C)c3cc(C(F)(F)F)cc(C(F)(F)F)c3)[C@@H](c3ccc(F)cc3C)C1)C2. The van der Waals surface area contributed by atoms with E-state index in [1.807, 2.05) is 0 Å². The highest BCUT2D eigenvalue weighted by molar-refractivity contribution is 5.81. The van der Waals surface area contributed by atoms with E-state index in [0.29, 0.717) is 55.8 Å². The maximum absolute atomic E-state index is 14.1. The number of piperidine rings is 2. The minimum absolute atomic E-state index is 0.0110. The first-order valence-corrected chi connectivity index (χ1v) is 15.0. The largest absolute Gasteiger partial charge is 0.466 e. The lowest BCUT2D eigenvalue weighted by Crippen LogP contribution is -2.52. The van der Waals surface area contributed by atoms with Crippen LogP contribution in [0.3, 0.4) is 0 Å². The van der Waals surface area contributed by atoms with Crippen LogP contribution in [0.4, 0.5) is 35.5 Å². The van der Waals surface area contributed by atoms with Crippen LogP contribution in [0.2, 0.25) is 0 Å². The zero-order valence-corrected chi connectivity index (χ0v) is 25.4. The molecule has 3 aliphatic rings. The molecule has 0 radical (unpaired) electrons. The number of urea groups is 1. The first-order chi connectivity index (χ1) is 21.0. The van der Waals surface area contributed by atoms with E-state index in [1.54, 1.807) is 24.8 Å². The molecular formula is C32H36F7N3O3. The number of nitrogens with zero attached hydrogens (tertiary/aromatic N) is 3. The number of carbonyl (C=O) groups is 2. The van der Waals surface area contributed by atoms with Gasteiger partial charge in [0.15, 0.2) is 0 Å². The van der Waals surface area contributed by atoms with E-state index in [9.17, 15) is 40.3 Å². The summed E-state index contributed by atoms with van der Waals surface area (Å²) in [4.78, 5) is 31.6. The van der Waals surface area contributed by atoms with Gasteiger partial charge in [-0.25, -0.2) is 9.18 Å². The molecule has 3 fully saturated rings. The van der Waals surface area contributed by atoms with E-state index in [-0.39, 0.29) is 36.1 Å². The van der Waals surface area contributed by atoms with Gasteiger partial charge in [0.05, 0.1) is 35.2 Å². The summed E-state index contributed by atoms with van der Waals surface area (Å²) in [6.07, 6.45) is -8.28. The van der Waals surface area contributed by atoms with E-state index in [1.165, 1.54) is 26.1 Å². The number of esters is 1. The van der Waals surface area contributed by atoms with E-state index >= 15 is 0 Å². The third kappa shape index (κ3) is 6.37. The summed E-state index contributed by atoms with van der Waals surface area (Å²) in [6.45, 7) is 6.65. The van der Waals surface area contributed by atoms with Gasteiger partial charge in [-0.1, -0.05) is 6.07 Å². The predicted octanol–water partition coefficient (Wildman–Crippen LogP) is 7.38. The van der Waals surface area contributed by atoms with Crippen molar-refractivity contribution in [2.75, 3.05) is 33.3 Å². The molecule has 0 bridgehead atoms. The van der Waals surface area contributed by atoms with Gasteiger partial charge in [0, 0.05) is 32.7 Å². The molecule has 2 aromatic carbocycles. The van der Waals surface area contributed by atoms with Crippen molar-refractivity contribution in [3.05, 3.63) is 70.0 Å². The molecule has 13 heteroatoms. The van der Waals surface area contributed by atoms with Crippen molar-refractivity contribution >= 4 is 12.0 Å². The fourth-order valence-corrected chi connectivity index (χ4v) is 7.02. The quantitative estimate of drug-likeness (QED) is 0.244. The summed E-state index contributed by atoms with van der Waals surface area (Å²) in [5, 5.41) is 0. The third-order valence-electron chi connectivity index (χ3n) is 9.76. The average molecular weight is 644 g/mol. The van der Waals surface area contributed by atoms with Crippen molar-refractivity contribution < 1.29 is 45.1 Å². The molecule has 6 nitrogen and oxygen atoms in total. The number of likely N-dealkylation sites (tertiary alicyclic amines) is 2. The molecular weight excluding hydrogens is 607 g/mol. The summed E-state index contributed by atoms with van der Waals surface area (Å²) >= 11 is 0. The molecule has 5 rings (SSSR count). The molecule has 0 aromatic heterocycles. The lowest BCUT2D eigenvalue weighted by molar-refractivity contribution is -0.150. The van der Waals surface area contributed by atoms with Crippen LogP contribution in [0, 0.1) is 24.1 Å². The number of rotatable bonds is 6. The first-order valence-electron chi connectivity index (χ1n) is 15.0. The lowest BCUT2D eigenvalue weighted by Gasteiger charge is -2.45. The van der Waals surface area contributed by atoms with Crippen molar-refractivity contribution in [1.29, 1.82) is 0 Å². The van der Waals surface area contributed by atoms with Crippen LogP contribution in [0.25, 0.3) is 0 Å². The van der Waals surface area contributed by atoms with Gasteiger partial charge in [-0.15, -0.1) is 0 Å². The minimum Gasteiger partial charge on any atom is -0.466 e. The first kappa shape index (κ1) is 33.0. The van der Waals surface area contributed by atoms with Crippen LogP contribution < -0.4 is 0 Å². The standard InChI is InChI=1S/C32H36F7N3O3/c1-5-45-28(43)30-15-23(30)16-41(17-30)25-8-9-42(27(14-25)26-7-6-24(33)10-18(26)2)29(44)40(4)19(3)20-11-21(31(34,35)36)13-22(12-20)32(37,38)39/h6-7,10-13,19,23,25,27H,5,8-9,14-17H2,1-4H3/t19-,23-,25-,27+,30-/m0/s1. The molecule has 246 valence electrons. The van der Waals surface area contributed by atoms with Crippen LogP contribution in [-0.4, -0.2) is 66.0 Å². The summed E-state index contributed by atoms with van der Waals surface area (Å²) in [5.41, 5.74) is -2.43. The van der Waals surface area contributed by atoms with Crippen LogP contribution >= 0.6 is 0 Å². The molecule has 2 heterocycles. The zero-order valence-electron chi connectivity index (χ0n) is 25.4. The number of benzene rings is 2. The number of hydrogen-bond donors (Lipinski definition) is 0. The monoisotopic (exact) mass is 643 g/mol. The predicted molar refractivity (Wildman–Crippen MR) is 150 cm³/mol. The molecule has 0 N–H and O–H groups in total. The molecule has 45 heavy (non-hydrogen) atoms. The smallest absolute Gasteiger partial charge is 0.416 e. The van der Waals surface area contributed by atoms with Gasteiger partial charge in [0.25, 0.3) is 0 Å². The summed E-state index contributed by atoms with van der Waals surface area (Å²) < 4.78 is 101. The molecule has 1 aliphatic carbocycles. The molecule has 2 amide bonds. The maximum Gasteiger partial charge on any atom is 0.416 e. The Kier molecular flexibility index (Phi) is 8.65. The second kappa shape index (κ2) is 11.8. The van der Waals surface area contributed by atoms with Gasteiger partial charge >= 0.3 is 24.4 Å². The highest BCUT2D eigenvalue weighted by atomic mass is 19.4. The Labute approximate surface area is 257 Å². The Bertz CT molecular complexity index is 1430. The molecule has 0 unspecified atom stereocenters. The number of hydrogen-bond acceptors (Lipinski definition) is 4. The van der Waals surface area contributed by atoms with Gasteiger partial charge in [-0.05, 0) is 93.0 Å². The molecule has 2 aliphatic heterocycles. The maximum atomic E-state index is 14.1. The highest BCUT2D eigenvalue weighted by Gasteiger charge is 2.66. The summed E-state index contributed by atoms with van der Waals surface area (Å²) in [6, 6.07) is 3.31. The second-order valence-corrected chi connectivity index (χ2v) is 12.5. The Morgan fingerprint density at radius 1 is 1.07 bits per heavy atom.